The second-order valence-corrected chi connectivity index (χ2v) is 7.36. The van der Waals surface area contributed by atoms with Crippen LogP contribution in [0.1, 0.15) is 17.4 Å². The molecule has 0 spiro atoms. The van der Waals surface area contributed by atoms with Gasteiger partial charge in [-0.15, -0.1) is 10.2 Å². The summed E-state index contributed by atoms with van der Waals surface area (Å²) in [6.07, 6.45) is 0. The summed E-state index contributed by atoms with van der Waals surface area (Å²) in [7, 11) is 1.60. The van der Waals surface area contributed by atoms with Gasteiger partial charge in [-0.1, -0.05) is 36.0 Å². The summed E-state index contributed by atoms with van der Waals surface area (Å²) in [5, 5.41) is 10.9. The number of amides is 1. The molecule has 28 heavy (non-hydrogen) atoms. The predicted molar refractivity (Wildman–Crippen MR) is 105 cm³/mol. The van der Waals surface area contributed by atoms with Gasteiger partial charge in [-0.25, -0.2) is 9.07 Å². The maximum Gasteiger partial charge on any atom is 0.240 e. The molecule has 2 heterocycles. The molecule has 2 aromatic carbocycles. The van der Waals surface area contributed by atoms with Crippen LogP contribution < -0.4 is 15.5 Å². The van der Waals surface area contributed by atoms with Gasteiger partial charge in [-0.2, -0.15) is 0 Å². The molecule has 9 heteroatoms. The third-order valence-corrected chi connectivity index (χ3v) is 5.68. The van der Waals surface area contributed by atoms with Crippen molar-refractivity contribution in [3.63, 3.8) is 0 Å². The lowest BCUT2D eigenvalue weighted by molar-refractivity contribution is -0.116. The molecular weight excluding hydrogens is 381 g/mol. The fraction of sp³-hybridized carbons (Fsp3) is 0.211. The highest BCUT2D eigenvalue weighted by Gasteiger charge is 2.37. The molecule has 1 aromatic heterocycles. The van der Waals surface area contributed by atoms with Gasteiger partial charge in [0.2, 0.25) is 11.1 Å². The number of aryl methyl sites for hydroxylation is 1. The van der Waals surface area contributed by atoms with E-state index in [1.165, 1.54) is 23.9 Å². The average molecular weight is 399 g/mol. The van der Waals surface area contributed by atoms with Crippen molar-refractivity contribution in [1.82, 2.24) is 14.9 Å². The Labute approximate surface area is 165 Å². The van der Waals surface area contributed by atoms with E-state index in [-0.39, 0.29) is 17.6 Å². The lowest BCUT2D eigenvalue weighted by atomic mass is 10.0. The molecule has 7 nitrogen and oxygen atoms in total. The van der Waals surface area contributed by atoms with Gasteiger partial charge in [-0.05, 0) is 36.8 Å². The van der Waals surface area contributed by atoms with Crippen molar-refractivity contribution in [2.24, 2.45) is 0 Å². The van der Waals surface area contributed by atoms with Crippen LogP contribution in [0, 0.1) is 12.7 Å². The first-order chi connectivity index (χ1) is 13.6. The summed E-state index contributed by atoms with van der Waals surface area (Å²) in [5.74, 6) is 0.606. The van der Waals surface area contributed by atoms with E-state index < -0.39 is 11.1 Å². The molecule has 0 radical (unpaired) electrons. The molecular formula is C19H18FN5O2S. The van der Waals surface area contributed by atoms with Crippen molar-refractivity contribution >= 4 is 23.4 Å². The number of halogens is 1. The minimum atomic E-state index is -0.580. The molecule has 0 bridgehead atoms. The van der Waals surface area contributed by atoms with E-state index in [2.05, 4.69) is 20.9 Å². The Morgan fingerprint density at radius 2 is 1.96 bits per heavy atom. The zero-order valence-corrected chi connectivity index (χ0v) is 16.0. The number of hydrogen-bond acceptors (Lipinski definition) is 6. The largest absolute Gasteiger partial charge is 0.497 e. The van der Waals surface area contributed by atoms with Gasteiger partial charge in [0.25, 0.3) is 0 Å². The smallest absolute Gasteiger partial charge is 0.240 e. The number of methoxy groups -OCH3 is 1. The van der Waals surface area contributed by atoms with E-state index in [4.69, 9.17) is 4.74 Å². The SMILES string of the molecule is COc1ccc([C@@H]2Nn3c(C)nnc3S[C@H]2C(=O)Nc2ccccc2F)cc1. The minimum absolute atomic E-state index is 0.143. The summed E-state index contributed by atoms with van der Waals surface area (Å²) >= 11 is 1.29. The number of nitrogens with zero attached hydrogens (tertiary/aromatic N) is 3. The fourth-order valence-corrected chi connectivity index (χ4v) is 4.11. The zero-order chi connectivity index (χ0) is 19.7. The van der Waals surface area contributed by atoms with E-state index in [9.17, 15) is 9.18 Å². The average Bonchev–Trinajstić information content (AvgIpc) is 3.09. The van der Waals surface area contributed by atoms with Crippen molar-refractivity contribution in [2.45, 2.75) is 23.4 Å². The number of para-hydroxylation sites is 1. The quantitative estimate of drug-likeness (QED) is 0.702. The second kappa shape index (κ2) is 7.51. The van der Waals surface area contributed by atoms with Crippen molar-refractivity contribution < 1.29 is 13.9 Å². The van der Waals surface area contributed by atoms with Crippen LogP contribution in [0.2, 0.25) is 0 Å². The maximum atomic E-state index is 14.0. The van der Waals surface area contributed by atoms with Crippen LogP contribution in [0.4, 0.5) is 10.1 Å². The first kappa shape index (κ1) is 18.3. The third kappa shape index (κ3) is 3.40. The molecule has 0 saturated carbocycles. The van der Waals surface area contributed by atoms with Crippen LogP contribution in [-0.4, -0.2) is 33.1 Å². The summed E-state index contributed by atoms with van der Waals surface area (Å²) in [6.45, 7) is 1.83. The Hall–Kier alpha value is -3.07. The van der Waals surface area contributed by atoms with Crippen LogP contribution in [0.15, 0.2) is 53.7 Å². The topological polar surface area (TPSA) is 81.1 Å². The molecule has 1 aliphatic rings. The molecule has 1 amide bonds. The number of anilines is 1. The summed E-state index contributed by atoms with van der Waals surface area (Å²) < 4.78 is 21.0. The second-order valence-electron chi connectivity index (χ2n) is 6.25. The fourth-order valence-electron chi connectivity index (χ4n) is 2.99. The monoisotopic (exact) mass is 399 g/mol. The maximum absolute atomic E-state index is 14.0. The normalized spacial score (nSPS) is 18.1. The van der Waals surface area contributed by atoms with Gasteiger partial charge >= 0.3 is 0 Å². The van der Waals surface area contributed by atoms with Crippen LogP contribution in [0.25, 0.3) is 0 Å². The van der Waals surface area contributed by atoms with E-state index in [0.29, 0.717) is 11.0 Å². The highest BCUT2D eigenvalue weighted by molar-refractivity contribution is 8.00. The van der Waals surface area contributed by atoms with Gasteiger partial charge in [0.05, 0.1) is 18.8 Å². The van der Waals surface area contributed by atoms with Gasteiger partial charge in [0, 0.05) is 0 Å². The van der Waals surface area contributed by atoms with E-state index in [1.54, 1.807) is 23.9 Å². The highest BCUT2D eigenvalue weighted by atomic mass is 32.2. The molecule has 0 unspecified atom stereocenters. The Balaban J connectivity index is 1.67. The summed E-state index contributed by atoms with van der Waals surface area (Å²) in [4.78, 5) is 13.0. The number of fused-ring (bicyclic) bond motifs is 1. The van der Waals surface area contributed by atoms with Gasteiger partial charge in [-0.3, -0.25) is 4.79 Å². The zero-order valence-electron chi connectivity index (χ0n) is 15.2. The van der Waals surface area contributed by atoms with E-state index in [0.717, 1.165) is 11.3 Å². The van der Waals surface area contributed by atoms with Crippen molar-refractivity contribution in [3.8, 4) is 5.75 Å². The number of ether oxygens (including phenoxy) is 1. The first-order valence-electron chi connectivity index (χ1n) is 8.61. The van der Waals surface area contributed by atoms with Crippen molar-refractivity contribution in [3.05, 3.63) is 65.7 Å². The minimum Gasteiger partial charge on any atom is -0.497 e. The van der Waals surface area contributed by atoms with Crippen LogP contribution in [0.3, 0.4) is 0 Å². The lowest BCUT2D eigenvalue weighted by Crippen LogP contribution is -2.41. The van der Waals surface area contributed by atoms with E-state index in [1.807, 2.05) is 31.2 Å². The Morgan fingerprint density at radius 1 is 1.21 bits per heavy atom. The Kier molecular flexibility index (Phi) is 4.91. The number of hydrogen-bond donors (Lipinski definition) is 2. The number of aromatic nitrogens is 3. The Bertz CT molecular complexity index is 1010. The highest BCUT2D eigenvalue weighted by Crippen LogP contribution is 2.38. The number of carbonyl (C=O) groups excluding carboxylic acids is 1. The van der Waals surface area contributed by atoms with Crippen LogP contribution >= 0.6 is 11.8 Å². The van der Waals surface area contributed by atoms with Crippen LogP contribution in [0.5, 0.6) is 5.75 Å². The first-order valence-corrected chi connectivity index (χ1v) is 9.49. The van der Waals surface area contributed by atoms with Gasteiger partial charge < -0.3 is 15.5 Å². The number of thioether (sulfide) groups is 1. The van der Waals surface area contributed by atoms with Gasteiger partial charge in [0.1, 0.15) is 22.6 Å². The van der Waals surface area contributed by atoms with E-state index >= 15 is 0 Å². The molecule has 0 aliphatic carbocycles. The lowest BCUT2D eigenvalue weighted by Gasteiger charge is -2.32. The standard InChI is InChI=1S/C19H18FN5O2S/c1-11-22-23-19-25(11)24-16(12-7-9-13(27-2)10-8-12)17(28-19)18(26)21-15-6-4-3-5-14(15)20/h3-10,16-17,24H,1-2H3,(H,21,26)/t16-,17+/m0/s1. The Morgan fingerprint density at radius 3 is 2.68 bits per heavy atom. The number of benzene rings is 2. The molecule has 0 saturated heterocycles. The van der Waals surface area contributed by atoms with Gasteiger partial charge in [0.15, 0.2) is 0 Å². The summed E-state index contributed by atoms with van der Waals surface area (Å²) in [6, 6.07) is 13.2. The molecule has 2 atom stereocenters. The molecule has 3 aromatic rings. The molecule has 2 N–H and O–H groups in total. The van der Waals surface area contributed by atoms with Crippen molar-refractivity contribution in [2.75, 3.05) is 17.9 Å². The molecule has 1 aliphatic heterocycles. The molecule has 0 fully saturated rings. The number of nitrogens with one attached hydrogen (secondary N) is 2. The molecule has 144 valence electrons. The number of rotatable bonds is 4. The predicted octanol–water partition coefficient (Wildman–Crippen LogP) is 3.13. The number of carbonyl (C=O) groups is 1. The summed E-state index contributed by atoms with van der Waals surface area (Å²) in [5.41, 5.74) is 4.34. The van der Waals surface area contributed by atoms with Crippen molar-refractivity contribution in [1.29, 1.82) is 0 Å². The molecule has 4 rings (SSSR count). The van der Waals surface area contributed by atoms with Crippen LogP contribution in [-0.2, 0) is 4.79 Å². The third-order valence-electron chi connectivity index (χ3n) is 4.46.